The van der Waals surface area contributed by atoms with Crippen molar-refractivity contribution in [2.24, 2.45) is 0 Å². The number of carbonyl (C=O) groups excluding carboxylic acids is 1. The van der Waals surface area contributed by atoms with E-state index in [-0.39, 0.29) is 17.3 Å². The van der Waals surface area contributed by atoms with Crippen molar-refractivity contribution >= 4 is 33.0 Å². The largest absolute Gasteiger partial charge is 0.325 e. The third-order valence-corrected chi connectivity index (χ3v) is 6.37. The Morgan fingerprint density at radius 1 is 1.30 bits per heavy atom. The Kier molecular flexibility index (Phi) is 3.82. The Hall–Kier alpha value is -1.70. The van der Waals surface area contributed by atoms with E-state index in [1.807, 2.05) is 17.5 Å². The number of rotatable bonds is 4. The molecule has 2 aromatic rings. The van der Waals surface area contributed by atoms with Crippen molar-refractivity contribution < 1.29 is 13.2 Å². The van der Waals surface area contributed by atoms with E-state index in [2.05, 4.69) is 10.0 Å². The maximum Gasteiger partial charge on any atom is 0.240 e. The lowest BCUT2D eigenvalue weighted by Crippen LogP contribution is -2.27. The molecule has 1 aromatic heterocycles. The molecule has 3 rings (SSSR count). The molecule has 1 aliphatic heterocycles. The predicted octanol–water partition coefficient (Wildman–Crippen LogP) is 2.76. The summed E-state index contributed by atoms with van der Waals surface area (Å²) in [5.74, 6) is -0.114. The van der Waals surface area contributed by atoms with E-state index in [0.717, 1.165) is 21.7 Å². The van der Waals surface area contributed by atoms with Gasteiger partial charge in [0.1, 0.15) is 0 Å². The molecule has 7 heteroatoms. The van der Waals surface area contributed by atoms with Crippen LogP contribution in [0.1, 0.15) is 29.9 Å². The van der Waals surface area contributed by atoms with Crippen LogP contribution in [0, 0.1) is 6.92 Å². The summed E-state index contributed by atoms with van der Waals surface area (Å²) < 4.78 is 27.7. The van der Waals surface area contributed by atoms with E-state index in [9.17, 15) is 13.2 Å². The average molecular weight is 350 g/mol. The van der Waals surface area contributed by atoms with Gasteiger partial charge in [-0.05, 0) is 55.5 Å². The van der Waals surface area contributed by atoms with Crippen molar-refractivity contribution in [2.45, 2.75) is 37.6 Å². The molecule has 0 unspecified atom stereocenters. The van der Waals surface area contributed by atoms with Gasteiger partial charge in [0.05, 0.1) is 10.3 Å². The predicted molar refractivity (Wildman–Crippen MR) is 91.2 cm³/mol. The van der Waals surface area contributed by atoms with Gasteiger partial charge in [-0.15, -0.1) is 11.3 Å². The van der Waals surface area contributed by atoms with Crippen LogP contribution in [0.2, 0.25) is 0 Å². The zero-order valence-corrected chi connectivity index (χ0v) is 14.8. The standard InChI is InChI=1S/C16H18N2O3S2/c1-10-7-12(8-13-14(10)18-15(19)16(13,2)3)23(20,21)17-9-11-5-4-6-22-11/h4-8,17H,9H2,1-3H3,(H,18,19). The number of fused-ring (bicyclic) bond motifs is 1. The van der Waals surface area contributed by atoms with Crippen LogP contribution in [0.3, 0.4) is 0 Å². The van der Waals surface area contributed by atoms with Gasteiger partial charge in [-0.1, -0.05) is 6.07 Å². The van der Waals surface area contributed by atoms with E-state index in [1.54, 1.807) is 32.9 Å². The number of aryl methyl sites for hydroxylation is 1. The Labute approximate surface area is 139 Å². The van der Waals surface area contributed by atoms with Crippen LogP contribution in [0.15, 0.2) is 34.5 Å². The summed E-state index contributed by atoms with van der Waals surface area (Å²) in [4.78, 5) is 13.2. The number of hydrogen-bond acceptors (Lipinski definition) is 4. The molecule has 1 aromatic carbocycles. The van der Waals surface area contributed by atoms with Crippen molar-refractivity contribution in [3.8, 4) is 0 Å². The van der Waals surface area contributed by atoms with Gasteiger partial charge < -0.3 is 5.32 Å². The van der Waals surface area contributed by atoms with Gasteiger partial charge in [0.25, 0.3) is 0 Å². The number of carbonyl (C=O) groups is 1. The molecule has 5 nitrogen and oxygen atoms in total. The van der Waals surface area contributed by atoms with Crippen LogP contribution in [0.5, 0.6) is 0 Å². The normalized spacial score (nSPS) is 16.2. The highest BCUT2D eigenvalue weighted by Crippen LogP contribution is 2.40. The fraction of sp³-hybridized carbons (Fsp3) is 0.312. The second kappa shape index (κ2) is 5.43. The Balaban J connectivity index is 1.96. The summed E-state index contributed by atoms with van der Waals surface area (Å²) in [5, 5.41) is 4.74. The third kappa shape index (κ3) is 2.80. The van der Waals surface area contributed by atoms with Crippen molar-refractivity contribution in [1.82, 2.24) is 4.72 Å². The third-order valence-electron chi connectivity index (χ3n) is 4.12. The lowest BCUT2D eigenvalue weighted by atomic mass is 9.85. The fourth-order valence-electron chi connectivity index (χ4n) is 2.62. The minimum atomic E-state index is -3.63. The van der Waals surface area contributed by atoms with Gasteiger partial charge in [-0.25, -0.2) is 13.1 Å². The van der Waals surface area contributed by atoms with Crippen LogP contribution in [0.25, 0.3) is 0 Å². The van der Waals surface area contributed by atoms with E-state index < -0.39 is 15.4 Å². The summed E-state index contributed by atoms with van der Waals surface area (Å²) in [7, 11) is -3.63. The maximum absolute atomic E-state index is 12.6. The Bertz CT molecular complexity index is 869. The first-order chi connectivity index (χ1) is 10.7. The summed E-state index contributed by atoms with van der Waals surface area (Å²) in [5.41, 5.74) is 1.45. The molecule has 0 aliphatic carbocycles. The highest BCUT2D eigenvalue weighted by Gasteiger charge is 2.40. The van der Waals surface area contributed by atoms with Gasteiger partial charge in [0, 0.05) is 17.1 Å². The lowest BCUT2D eigenvalue weighted by Gasteiger charge is -2.17. The number of anilines is 1. The number of thiophene rings is 1. The Morgan fingerprint density at radius 2 is 2.04 bits per heavy atom. The minimum Gasteiger partial charge on any atom is -0.325 e. The molecule has 2 heterocycles. The van der Waals surface area contributed by atoms with Crippen LogP contribution in [0.4, 0.5) is 5.69 Å². The SMILES string of the molecule is Cc1cc(S(=O)(=O)NCc2cccs2)cc2c1NC(=O)C2(C)C. The zero-order valence-electron chi connectivity index (χ0n) is 13.1. The quantitative estimate of drug-likeness (QED) is 0.890. The number of amides is 1. The number of hydrogen-bond donors (Lipinski definition) is 2. The van der Waals surface area contributed by atoms with Crippen molar-refractivity contribution in [1.29, 1.82) is 0 Å². The molecule has 122 valence electrons. The van der Waals surface area contributed by atoms with Gasteiger partial charge >= 0.3 is 0 Å². The first kappa shape index (κ1) is 16.2. The van der Waals surface area contributed by atoms with E-state index in [0.29, 0.717) is 0 Å². The maximum atomic E-state index is 12.6. The molecule has 2 N–H and O–H groups in total. The molecule has 0 fully saturated rings. The molecular formula is C16H18N2O3S2. The van der Waals surface area contributed by atoms with Crippen molar-refractivity contribution in [3.05, 3.63) is 45.6 Å². The van der Waals surface area contributed by atoms with E-state index in [1.165, 1.54) is 11.3 Å². The van der Waals surface area contributed by atoms with Crippen LogP contribution < -0.4 is 10.0 Å². The average Bonchev–Trinajstić information content (AvgIpc) is 3.06. The second-order valence-corrected chi connectivity index (χ2v) is 8.94. The monoisotopic (exact) mass is 350 g/mol. The molecule has 0 radical (unpaired) electrons. The second-order valence-electron chi connectivity index (χ2n) is 6.15. The summed E-state index contributed by atoms with van der Waals surface area (Å²) in [6.07, 6.45) is 0. The topological polar surface area (TPSA) is 75.3 Å². The molecule has 0 saturated carbocycles. The molecule has 1 amide bonds. The van der Waals surface area contributed by atoms with Gasteiger partial charge in [0.2, 0.25) is 15.9 Å². The summed E-state index contributed by atoms with van der Waals surface area (Å²) >= 11 is 1.50. The molecule has 0 atom stereocenters. The molecule has 0 spiro atoms. The summed E-state index contributed by atoms with van der Waals surface area (Å²) in [6, 6.07) is 6.95. The first-order valence-corrected chi connectivity index (χ1v) is 9.57. The fourth-order valence-corrected chi connectivity index (χ4v) is 4.48. The van der Waals surface area contributed by atoms with Gasteiger partial charge in [-0.3, -0.25) is 4.79 Å². The molecule has 0 bridgehead atoms. The van der Waals surface area contributed by atoms with Crippen LogP contribution >= 0.6 is 11.3 Å². The number of sulfonamides is 1. The lowest BCUT2D eigenvalue weighted by molar-refractivity contribution is -0.119. The molecule has 0 saturated heterocycles. The molecule has 1 aliphatic rings. The van der Waals surface area contributed by atoms with Crippen LogP contribution in [-0.4, -0.2) is 14.3 Å². The van der Waals surface area contributed by atoms with Crippen molar-refractivity contribution in [2.75, 3.05) is 5.32 Å². The highest BCUT2D eigenvalue weighted by molar-refractivity contribution is 7.89. The smallest absolute Gasteiger partial charge is 0.240 e. The number of nitrogens with one attached hydrogen (secondary N) is 2. The van der Waals surface area contributed by atoms with E-state index in [4.69, 9.17) is 0 Å². The molecule has 23 heavy (non-hydrogen) atoms. The highest BCUT2D eigenvalue weighted by atomic mass is 32.2. The van der Waals surface area contributed by atoms with Gasteiger partial charge in [0.15, 0.2) is 0 Å². The minimum absolute atomic E-state index is 0.114. The number of benzene rings is 1. The van der Waals surface area contributed by atoms with Gasteiger partial charge in [-0.2, -0.15) is 0 Å². The molecular weight excluding hydrogens is 332 g/mol. The first-order valence-electron chi connectivity index (χ1n) is 7.20. The van der Waals surface area contributed by atoms with Crippen molar-refractivity contribution in [3.63, 3.8) is 0 Å². The Morgan fingerprint density at radius 3 is 2.70 bits per heavy atom. The zero-order chi connectivity index (χ0) is 16.8. The summed E-state index contributed by atoms with van der Waals surface area (Å²) in [6.45, 7) is 5.65. The van der Waals surface area contributed by atoms with E-state index >= 15 is 0 Å². The van der Waals surface area contributed by atoms with Crippen LogP contribution in [-0.2, 0) is 26.8 Å².